The summed E-state index contributed by atoms with van der Waals surface area (Å²) in [5, 5.41) is 2.84. The van der Waals surface area contributed by atoms with Crippen LogP contribution in [0.2, 0.25) is 0 Å². The number of amides is 1. The fourth-order valence-corrected chi connectivity index (χ4v) is 1.86. The van der Waals surface area contributed by atoms with Crippen molar-refractivity contribution < 1.29 is 4.79 Å². The normalized spacial score (nSPS) is 10.5. The Bertz CT molecular complexity index is 327. The number of halogens is 2. The van der Waals surface area contributed by atoms with Gasteiger partial charge in [-0.1, -0.05) is 18.2 Å². The van der Waals surface area contributed by atoms with E-state index < -0.39 is 0 Å². The highest BCUT2D eigenvalue weighted by Gasteiger charge is 2.07. The molecular formula is C12H16Cl2N2O. The Hall–Kier alpha value is -0.770. The molecule has 0 spiro atoms. The minimum absolute atomic E-state index is 0.0836. The highest BCUT2D eigenvalue weighted by atomic mass is 35.5. The number of hydrogen-bond donors (Lipinski definition) is 1. The lowest BCUT2D eigenvalue weighted by molar-refractivity contribution is 0.0926. The van der Waals surface area contributed by atoms with Crippen LogP contribution in [0.4, 0.5) is 0 Å². The molecule has 1 rings (SSSR count). The fraction of sp³-hybridized carbons (Fsp3) is 0.417. The van der Waals surface area contributed by atoms with Gasteiger partial charge in [-0.05, 0) is 12.1 Å². The van der Waals surface area contributed by atoms with Gasteiger partial charge in [0.05, 0.1) is 6.67 Å². The van der Waals surface area contributed by atoms with E-state index in [1.165, 1.54) is 0 Å². The molecule has 0 heterocycles. The summed E-state index contributed by atoms with van der Waals surface area (Å²) in [6, 6.07) is 9.12. The Kier molecular flexibility index (Phi) is 7.01. The first-order valence-corrected chi connectivity index (χ1v) is 6.52. The first-order valence-electron chi connectivity index (χ1n) is 5.45. The molecule has 0 unspecified atom stereocenters. The molecular weight excluding hydrogens is 259 g/mol. The third-order valence-electron chi connectivity index (χ3n) is 2.30. The van der Waals surface area contributed by atoms with Crippen LogP contribution in [0.1, 0.15) is 10.4 Å². The van der Waals surface area contributed by atoms with Crippen molar-refractivity contribution in [3.05, 3.63) is 35.9 Å². The third kappa shape index (κ3) is 5.39. The Morgan fingerprint density at radius 3 is 2.24 bits per heavy atom. The Labute approximate surface area is 112 Å². The largest absolute Gasteiger partial charge is 0.339 e. The number of nitrogens with zero attached hydrogens (tertiary/aromatic N) is 1. The molecule has 0 fully saturated rings. The number of nitrogens with one attached hydrogen (secondary N) is 1. The van der Waals surface area contributed by atoms with E-state index in [0.29, 0.717) is 37.1 Å². The smallest absolute Gasteiger partial charge is 0.252 e. The highest BCUT2D eigenvalue weighted by Crippen LogP contribution is 1.98. The molecule has 0 radical (unpaired) electrons. The van der Waals surface area contributed by atoms with Crippen LogP contribution >= 0.6 is 23.2 Å². The van der Waals surface area contributed by atoms with Crippen LogP contribution in [0.25, 0.3) is 0 Å². The lowest BCUT2D eigenvalue weighted by atomic mass is 10.2. The minimum atomic E-state index is -0.0836. The van der Waals surface area contributed by atoms with Gasteiger partial charge in [-0.3, -0.25) is 9.69 Å². The molecule has 0 aliphatic rings. The quantitative estimate of drug-likeness (QED) is 0.611. The maximum absolute atomic E-state index is 11.8. The molecule has 0 aliphatic heterocycles. The van der Waals surface area contributed by atoms with Gasteiger partial charge < -0.3 is 5.32 Å². The lowest BCUT2D eigenvalue weighted by Crippen LogP contribution is -2.39. The van der Waals surface area contributed by atoms with Gasteiger partial charge in [0, 0.05) is 30.4 Å². The summed E-state index contributed by atoms with van der Waals surface area (Å²) in [6.45, 7) is 1.89. The Morgan fingerprint density at radius 1 is 1.12 bits per heavy atom. The zero-order chi connectivity index (χ0) is 12.5. The molecule has 0 bridgehead atoms. The monoisotopic (exact) mass is 274 g/mol. The second-order valence-electron chi connectivity index (χ2n) is 3.53. The molecule has 3 nitrogen and oxygen atoms in total. The molecule has 1 amide bonds. The van der Waals surface area contributed by atoms with E-state index in [1.54, 1.807) is 12.1 Å². The second-order valence-corrected chi connectivity index (χ2v) is 4.28. The summed E-state index contributed by atoms with van der Waals surface area (Å²) >= 11 is 11.3. The fourth-order valence-electron chi connectivity index (χ4n) is 1.38. The first kappa shape index (κ1) is 14.3. The van der Waals surface area contributed by atoms with Crippen molar-refractivity contribution in [3.63, 3.8) is 0 Å². The number of rotatable bonds is 7. The van der Waals surface area contributed by atoms with Crippen LogP contribution in [-0.2, 0) is 0 Å². The molecule has 0 aliphatic carbocycles. The van der Waals surface area contributed by atoms with Crippen molar-refractivity contribution in [3.8, 4) is 0 Å². The van der Waals surface area contributed by atoms with E-state index in [-0.39, 0.29) is 5.91 Å². The topological polar surface area (TPSA) is 32.3 Å². The van der Waals surface area contributed by atoms with Crippen molar-refractivity contribution in [1.82, 2.24) is 10.2 Å². The van der Waals surface area contributed by atoms with Gasteiger partial charge in [-0.15, -0.1) is 23.2 Å². The van der Waals surface area contributed by atoms with Crippen molar-refractivity contribution in [2.45, 2.75) is 0 Å². The highest BCUT2D eigenvalue weighted by molar-refractivity contribution is 6.18. The van der Waals surface area contributed by atoms with E-state index in [1.807, 2.05) is 23.1 Å². The Balaban J connectivity index is 2.41. The summed E-state index contributed by atoms with van der Waals surface area (Å²) in [4.78, 5) is 13.8. The molecule has 5 heteroatoms. The number of hydrogen-bond acceptors (Lipinski definition) is 2. The number of carbonyl (C=O) groups excluding carboxylic acids is 1. The minimum Gasteiger partial charge on any atom is -0.339 e. The standard InChI is InChI=1S/C12H16Cl2N2O/c13-6-8-16(9-7-14)10-15-12(17)11-4-2-1-3-5-11/h1-5H,6-10H2,(H,15,17). The van der Waals surface area contributed by atoms with Crippen LogP contribution in [0.3, 0.4) is 0 Å². The molecule has 1 N–H and O–H groups in total. The molecule has 1 aromatic carbocycles. The van der Waals surface area contributed by atoms with E-state index >= 15 is 0 Å². The zero-order valence-corrected chi connectivity index (χ0v) is 11.0. The summed E-state index contributed by atoms with van der Waals surface area (Å²) in [6.07, 6.45) is 0. The SMILES string of the molecule is O=C(NCN(CCCl)CCCl)c1ccccc1. The Morgan fingerprint density at radius 2 is 1.71 bits per heavy atom. The molecule has 17 heavy (non-hydrogen) atoms. The van der Waals surface area contributed by atoms with Crippen molar-refractivity contribution in [2.24, 2.45) is 0 Å². The second kappa shape index (κ2) is 8.34. The zero-order valence-electron chi connectivity index (χ0n) is 9.53. The van der Waals surface area contributed by atoms with Gasteiger partial charge >= 0.3 is 0 Å². The molecule has 94 valence electrons. The van der Waals surface area contributed by atoms with E-state index in [2.05, 4.69) is 5.32 Å². The van der Waals surface area contributed by atoms with Crippen LogP contribution in [0.5, 0.6) is 0 Å². The molecule has 0 saturated carbocycles. The predicted molar refractivity (Wildman–Crippen MR) is 71.8 cm³/mol. The van der Waals surface area contributed by atoms with Gasteiger partial charge in [0.25, 0.3) is 5.91 Å². The van der Waals surface area contributed by atoms with Gasteiger partial charge in [0.2, 0.25) is 0 Å². The lowest BCUT2D eigenvalue weighted by Gasteiger charge is -2.20. The maximum atomic E-state index is 11.8. The van der Waals surface area contributed by atoms with E-state index in [4.69, 9.17) is 23.2 Å². The summed E-state index contributed by atoms with van der Waals surface area (Å²) in [5.41, 5.74) is 0.657. The molecule has 0 saturated heterocycles. The van der Waals surface area contributed by atoms with Crippen molar-refractivity contribution in [2.75, 3.05) is 31.5 Å². The average Bonchev–Trinajstić information content (AvgIpc) is 2.37. The summed E-state index contributed by atoms with van der Waals surface area (Å²) in [7, 11) is 0. The van der Waals surface area contributed by atoms with E-state index in [0.717, 1.165) is 0 Å². The van der Waals surface area contributed by atoms with E-state index in [9.17, 15) is 4.79 Å². The summed E-state index contributed by atoms with van der Waals surface area (Å²) < 4.78 is 0. The van der Waals surface area contributed by atoms with Crippen molar-refractivity contribution in [1.29, 1.82) is 0 Å². The third-order valence-corrected chi connectivity index (χ3v) is 2.64. The van der Waals surface area contributed by atoms with Crippen LogP contribution < -0.4 is 5.32 Å². The number of carbonyl (C=O) groups is 1. The van der Waals surface area contributed by atoms with Gasteiger partial charge in [0.1, 0.15) is 0 Å². The van der Waals surface area contributed by atoms with Crippen molar-refractivity contribution >= 4 is 29.1 Å². The molecule has 0 aromatic heterocycles. The van der Waals surface area contributed by atoms with Crippen LogP contribution in [-0.4, -0.2) is 42.3 Å². The van der Waals surface area contributed by atoms with Gasteiger partial charge in [0.15, 0.2) is 0 Å². The molecule has 0 atom stereocenters. The summed E-state index contributed by atoms with van der Waals surface area (Å²) in [5.74, 6) is 0.968. The average molecular weight is 275 g/mol. The van der Waals surface area contributed by atoms with Gasteiger partial charge in [-0.25, -0.2) is 0 Å². The predicted octanol–water partition coefficient (Wildman–Crippen LogP) is 2.15. The molecule has 1 aromatic rings. The van der Waals surface area contributed by atoms with Crippen LogP contribution in [0.15, 0.2) is 30.3 Å². The number of benzene rings is 1. The van der Waals surface area contributed by atoms with Gasteiger partial charge in [-0.2, -0.15) is 0 Å². The van der Waals surface area contributed by atoms with Crippen LogP contribution in [0, 0.1) is 0 Å². The maximum Gasteiger partial charge on any atom is 0.252 e. The number of alkyl halides is 2. The first-order chi connectivity index (χ1) is 8.27.